The molecule has 4 aromatic rings. The van der Waals surface area contributed by atoms with Gasteiger partial charge in [0.15, 0.2) is 5.65 Å². The average Bonchev–Trinajstić information content (AvgIpc) is 3.46. The van der Waals surface area contributed by atoms with Crippen molar-refractivity contribution >= 4 is 17.4 Å². The van der Waals surface area contributed by atoms with Crippen LogP contribution in [0.5, 0.6) is 0 Å². The summed E-state index contributed by atoms with van der Waals surface area (Å²) in [6.07, 6.45) is 6.85. The standard InChI is InChI=1S/C22H21N7O/c30-22(17-14-23-10-11-24-17)25-15-18-21(16-6-2-1-3-7-16)26-19-8-9-20(27-29(18)19)28-12-4-5-13-28/h1-3,6-11,14H,4-5,12-13,15H2,(H,25,30). The monoisotopic (exact) mass is 399 g/mol. The van der Waals surface area contributed by atoms with Crippen molar-refractivity contribution in [3.8, 4) is 11.3 Å². The number of aromatic nitrogens is 5. The fourth-order valence-corrected chi connectivity index (χ4v) is 3.74. The smallest absolute Gasteiger partial charge is 0.271 e. The molecule has 8 nitrogen and oxygen atoms in total. The third-order valence-electron chi connectivity index (χ3n) is 5.25. The van der Waals surface area contributed by atoms with E-state index in [1.807, 2.05) is 47.0 Å². The first-order chi connectivity index (χ1) is 14.8. The van der Waals surface area contributed by atoms with Crippen molar-refractivity contribution < 1.29 is 4.79 Å². The fraction of sp³-hybridized carbons (Fsp3) is 0.227. The van der Waals surface area contributed by atoms with E-state index in [0.717, 1.165) is 41.5 Å². The molecule has 1 amide bonds. The van der Waals surface area contributed by atoms with Gasteiger partial charge >= 0.3 is 0 Å². The highest BCUT2D eigenvalue weighted by Crippen LogP contribution is 2.26. The van der Waals surface area contributed by atoms with Crippen molar-refractivity contribution in [3.63, 3.8) is 0 Å². The van der Waals surface area contributed by atoms with Gasteiger partial charge in [-0.3, -0.25) is 9.78 Å². The van der Waals surface area contributed by atoms with Gasteiger partial charge in [0, 0.05) is 31.0 Å². The summed E-state index contributed by atoms with van der Waals surface area (Å²) in [5.41, 5.74) is 3.64. The summed E-state index contributed by atoms with van der Waals surface area (Å²) in [7, 11) is 0. The van der Waals surface area contributed by atoms with Gasteiger partial charge in [-0.2, -0.15) is 0 Å². The highest BCUT2D eigenvalue weighted by molar-refractivity contribution is 5.91. The molecule has 1 fully saturated rings. The molecule has 0 aliphatic carbocycles. The molecule has 1 saturated heterocycles. The van der Waals surface area contributed by atoms with Crippen LogP contribution in [0.4, 0.5) is 5.82 Å². The van der Waals surface area contributed by atoms with Crippen molar-refractivity contribution in [2.75, 3.05) is 18.0 Å². The number of amides is 1. The number of fused-ring (bicyclic) bond motifs is 1. The molecule has 0 saturated carbocycles. The predicted molar refractivity (Wildman–Crippen MR) is 113 cm³/mol. The van der Waals surface area contributed by atoms with Gasteiger partial charge in [-0.15, -0.1) is 5.10 Å². The first kappa shape index (κ1) is 18.2. The molecule has 150 valence electrons. The Morgan fingerprint density at radius 1 is 1.03 bits per heavy atom. The second kappa shape index (κ2) is 7.90. The van der Waals surface area contributed by atoms with Crippen LogP contribution in [0, 0.1) is 0 Å². The van der Waals surface area contributed by atoms with Crippen molar-refractivity contribution in [3.05, 3.63) is 72.4 Å². The summed E-state index contributed by atoms with van der Waals surface area (Å²) >= 11 is 0. The van der Waals surface area contributed by atoms with E-state index in [-0.39, 0.29) is 18.1 Å². The van der Waals surface area contributed by atoms with Crippen LogP contribution < -0.4 is 10.2 Å². The number of hydrogen-bond donors (Lipinski definition) is 1. The zero-order chi connectivity index (χ0) is 20.3. The molecular formula is C22H21N7O. The molecule has 0 unspecified atom stereocenters. The number of rotatable bonds is 5. The number of imidazole rings is 1. The third kappa shape index (κ3) is 3.47. The summed E-state index contributed by atoms with van der Waals surface area (Å²) in [6, 6.07) is 14.0. The Morgan fingerprint density at radius 2 is 1.87 bits per heavy atom. The molecule has 4 heterocycles. The molecule has 3 aromatic heterocycles. The summed E-state index contributed by atoms with van der Waals surface area (Å²) < 4.78 is 1.84. The van der Waals surface area contributed by atoms with Gasteiger partial charge in [-0.1, -0.05) is 30.3 Å². The zero-order valence-electron chi connectivity index (χ0n) is 16.4. The van der Waals surface area contributed by atoms with Gasteiger partial charge in [0.25, 0.3) is 5.91 Å². The lowest BCUT2D eigenvalue weighted by Crippen LogP contribution is -2.25. The minimum atomic E-state index is -0.284. The number of hydrogen-bond acceptors (Lipinski definition) is 6. The summed E-state index contributed by atoms with van der Waals surface area (Å²) in [5.74, 6) is 0.645. The molecule has 8 heteroatoms. The maximum Gasteiger partial charge on any atom is 0.271 e. The minimum Gasteiger partial charge on any atom is -0.355 e. The highest BCUT2D eigenvalue weighted by atomic mass is 16.1. The van der Waals surface area contributed by atoms with E-state index in [0.29, 0.717) is 0 Å². The molecule has 0 radical (unpaired) electrons. The molecular weight excluding hydrogens is 378 g/mol. The number of nitrogens with one attached hydrogen (secondary N) is 1. The van der Waals surface area contributed by atoms with E-state index in [2.05, 4.69) is 20.2 Å². The lowest BCUT2D eigenvalue weighted by molar-refractivity contribution is 0.0945. The van der Waals surface area contributed by atoms with E-state index in [1.54, 1.807) is 6.20 Å². The van der Waals surface area contributed by atoms with Crippen LogP contribution in [-0.2, 0) is 6.54 Å². The maximum absolute atomic E-state index is 12.5. The van der Waals surface area contributed by atoms with Crippen LogP contribution in [-0.4, -0.2) is 43.6 Å². The molecule has 0 bridgehead atoms. The van der Waals surface area contributed by atoms with Crippen LogP contribution in [0.3, 0.4) is 0 Å². The number of nitrogens with zero attached hydrogens (tertiary/aromatic N) is 6. The summed E-state index contributed by atoms with van der Waals surface area (Å²) in [4.78, 5) is 27.6. The van der Waals surface area contributed by atoms with Crippen LogP contribution in [0.1, 0.15) is 29.0 Å². The Morgan fingerprint density at radius 3 is 2.63 bits per heavy atom. The summed E-state index contributed by atoms with van der Waals surface area (Å²) in [6.45, 7) is 2.30. The van der Waals surface area contributed by atoms with Crippen molar-refractivity contribution in [1.82, 2.24) is 29.9 Å². The number of carbonyl (C=O) groups is 1. The average molecular weight is 399 g/mol. The molecule has 1 aliphatic heterocycles. The Balaban J connectivity index is 1.54. The maximum atomic E-state index is 12.5. The molecule has 1 aliphatic rings. The predicted octanol–water partition coefficient (Wildman–Crippen LogP) is 2.72. The molecule has 1 aromatic carbocycles. The zero-order valence-corrected chi connectivity index (χ0v) is 16.4. The molecule has 1 N–H and O–H groups in total. The Hall–Kier alpha value is -3.81. The second-order valence-corrected chi connectivity index (χ2v) is 7.20. The minimum absolute atomic E-state index is 0.275. The van der Waals surface area contributed by atoms with Gasteiger partial charge in [0.1, 0.15) is 11.5 Å². The van der Waals surface area contributed by atoms with Gasteiger partial charge in [0.2, 0.25) is 0 Å². The van der Waals surface area contributed by atoms with E-state index in [1.165, 1.54) is 25.2 Å². The molecule has 0 spiro atoms. The van der Waals surface area contributed by atoms with Crippen molar-refractivity contribution in [2.24, 2.45) is 0 Å². The normalized spacial score (nSPS) is 13.7. The molecule has 0 atom stereocenters. The first-order valence-corrected chi connectivity index (χ1v) is 10.0. The van der Waals surface area contributed by atoms with Gasteiger partial charge in [0.05, 0.1) is 24.1 Å². The Kier molecular flexibility index (Phi) is 4.80. The Labute approximate surface area is 173 Å². The number of benzene rings is 1. The van der Waals surface area contributed by atoms with Crippen molar-refractivity contribution in [1.29, 1.82) is 0 Å². The molecule has 30 heavy (non-hydrogen) atoms. The topological polar surface area (TPSA) is 88.3 Å². The van der Waals surface area contributed by atoms with Gasteiger partial charge in [-0.05, 0) is 25.0 Å². The largest absolute Gasteiger partial charge is 0.355 e. The molecule has 5 rings (SSSR count). The van der Waals surface area contributed by atoms with Crippen LogP contribution in [0.25, 0.3) is 16.9 Å². The van der Waals surface area contributed by atoms with Crippen LogP contribution in [0.2, 0.25) is 0 Å². The van der Waals surface area contributed by atoms with Crippen LogP contribution in [0.15, 0.2) is 61.1 Å². The SMILES string of the molecule is O=C(NCc1c(-c2ccccc2)nc2ccc(N3CCCC3)nn12)c1cnccn1. The van der Waals surface area contributed by atoms with E-state index >= 15 is 0 Å². The second-order valence-electron chi connectivity index (χ2n) is 7.20. The van der Waals surface area contributed by atoms with Gasteiger partial charge < -0.3 is 10.2 Å². The van der Waals surface area contributed by atoms with Gasteiger partial charge in [-0.25, -0.2) is 14.5 Å². The number of carbonyl (C=O) groups excluding carboxylic acids is 1. The highest BCUT2D eigenvalue weighted by Gasteiger charge is 2.19. The summed E-state index contributed by atoms with van der Waals surface area (Å²) in [5, 5.41) is 7.79. The lowest BCUT2D eigenvalue weighted by atomic mass is 10.1. The van der Waals surface area contributed by atoms with E-state index in [4.69, 9.17) is 10.1 Å². The van der Waals surface area contributed by atoms with Crippen LogP contribution >= 0.6 is 0 Å². The third-order valence-corrected chi connectivity index (χ3v) is 5.25. The number of anilines is 1. The Bertz CT molecular complexity index is 1170. The fourth-order valence-electron chi connectivity index (χ4n) is 3.74. The first-order valence-electron chi connectivity index (χ1n) is 10.0. The van der Waals surface area contributed by atoms with E-state index in [9.17, 15) is 4.79 Å². The van der Waals surface area contributed by atoms with E-state index < -0.39 is 0 Å². The quantitative estimate of drug-likeness (QED) is 0.555. The lowest BCUT2D eigenvalue weighted by Gasteiger charge is -2.16. The van der Waals surface area contributed by atoms with Crippen molar-refractivity contribution in [2.45, 2.75) is 19.4 Å².